The van der Waals surface area contributed by atoms with Crippen molar-refractivity contribution in [3.05, 3.63) is 0 Å². The average molecular weight is 231 g/mol. The first kappa shape index (κ1) is 11.3. The van der Waals surface area contributed by atoms with E-state index in [2.05, 4.69) is 20.8 Å². The first-order chi connectivity index (χ1) is 6.80. The van der Waals surface area contributed by atoms with Gasteiger partial charge in [0, 0.05) is 0 Å². The van der Waals surface area contributed by atoms with E-state index in [4.69, 9.17) is 16.7 Å². The standard InChI is InChI=1S/C12H19ClO2/c1-11(2)7-4-5-12(11,3)8(6-7)9(13)10(14)15/h7-9H,4-6H2,1-3H3,(H,14,15)/t7-,8?,9+,12?/m1/s1. The van der Waals surface area contributed by atoms with Crippen molar-refractivity contribution in [2.45, 2.75) is 45.4 Å². The van der Waals surface area contributed by atoms with Crippen molar-refractivity contribution in [2.75, 3.05) is 0 Å². The monoisotopic (exact) mass is 230 g/mol. The molecule has 2 unspecified atom stereocenters. The van der Waals surface area contributed by atoms with Crippen LogP contribution in [0.25, 0.3) is 0 Å². The van der Waals surface area contributed by atoms with Crippen LogP contribution >= 0.6 is 11.6 Å². The highest BCUT2D eigenvalue weighted by atomic mass is 35.5. The topological polar surface area (TPSA) is 37.3 Å². The molecule has 0 spiro atoms. The van der Waals surface area contributed by atoms with Crippen molar-refractivity contribution in [1.29, 1.82) is 0 Å². The van der Waals surface area contributed by atoms with Crippen LogP contribution in [-0.4, -0.2) is 16.5 Å². The normalized spacial score (nSPS) is 44.3. The molecule has 0 radical (unpaired) electrons. The maximum atomic E-state index is 11.0. The molecule has 2 rings (SSSR count). The molecule has 15 heavy (non-hydrogen) atoms. The molecular formula is C12H19ClO2. The second-order valence-electron chi connectivity index (χ2n) is 5.96. The van der Waals surface area contributed by atoms with Crippen molar-refractivity contribution >= 4 is 17.6 Å². The zero-order valence-corrected chi connectivity index (χ0v) is 10.3. The lowest BCUT2D eigenvalue weighted by atomic mass is 9.66. The lowest BCUT2D eigenvalue weighted by Gasteiger charge is -2.40. The Morgan fingerprint density at radius 2 is 2.07 bits per heavy atom. The minimum atomic E-state index is -0.855. The zero-order chi connectivity index (χ0) is 11.4. The van der Waals surface area contributed by atoms with Gasteiger partial charge in [-0.05, 0) is 41.9 Å². The fraction of sp³-hybridized carbons (Fsp3) is 0.917. The summed E-state index contributed by atoms with van der Waals surface area (Å²) in [5.74, 6) is -0.0511. The summed E-state index contributed by atoms with van der Waals surface area (Å²) in [6.07, 6.45) is 3.36. The third-order valence-electron chi connectivity index (χ3n) is 5.45. The molecule has 2 fully saturated rings. The Morgan fingerprint density at radius 1 is 1.47 bits per heavy atom. The summed E-state index contributed by atoms with van der Waals surface area (Å²) in [5.41, 5.74) is 0.364. The first-order valence-corrected chi connectivity index (χ1v) is 6.11. The summed E-state index contributed by atoms with van der Waals surface area (Å²) in [5, 5.41) is 8.31. The summed E-state index contributed by atoms with van der Waals surface area (Å²) in [4.78, 5) is 11.0. The maximum Gasteiger partial charge on any atom is 0.321 e. The van der Waals surface area contributed by atoms with Crippen LogP contribution < -0.4 is 0 Å². The zero-order valence-electron chi connectivity index (χ0n) is 9.59. The molecule has 0 amide bonds. The number of carbonyl (C=O) groups is 1. The summed E-state index contributed by atoms with van der Waals surface area (Å²) in [6, 6.07) is 0. The number of hydrogen-bond donors (Lipinski definition) is 1. The van der Waals surface area contributed by atoms with E-state index in [0.29, 0.717) is 5.92 Å². The number of rotatable bonds is 2. The number of alkyl halides is 1. The lowest BCUT2D eigenvalue weighted by Crippen LogP contribution is -2.39. The molecule has 0 aliphatic heterocycles. The predicted molar refractivity (Wildman–Crippen MR) is 60.0 cm³/mol. The molecule has 2 aliphatic rings. The van der Waals surface area contributed by atoms with Crippen LogP contribution in [0.4, 0.5) is 0 Å². The van der Waals surface area contributed by atoms with Gasteiger partial charge in [-0.2, -0.15) is 0 Å². The van der Waals surface area contributed by atoms with Gasteiger partial charge < -0.3 is 5.11 Å². The highest BCUT2D eigenvalue weighted by Gasteiger charge is 2.63. The predicted octanol–water partition coefficient (Wildman–Crippen LogP) is 3.14. The molecule has 2 saturated carbocycles. The summed E-state index contributed by atoms with van der Waals surface area (Å²) >= 11 is 6.03. The highest BCUT2D eigenvalue weighted by Crippen LogP contribution is 2.69. The third kappa shape index (κ3) is 1.27. The Morgan fingerprint density at radius 3 is 2.40 bits per heavy atom. The first-order valence-electron chi connectivity index (χ1n) is 5.67. The molecule has 1 N–H and O–H groups in total. The van der Waals surface area contributed by atoms with Gasteiger partial charge in [0.05, 0.1) is 0 Å². The van der Waals surface area contributed by atoms with E-state index in [-0.39, 0.29) is 16.7 Å². The van der Waals surface area contributed by atoms with Gasteiger partial charge in [0.25, 0.3) is 0 Å². The van der Waals surface area contributed by atoms with Gasteiger partial charge in [-0.1, -0.05) is 20.8 Å². The van der Waals surface area contributed by atoms with Crippen LogP contribution in [-0.2, 0) is 4.79 Å². The molecule has 0 saturated heterocycles. The Kier molecular flexibility index (Phi) is 2.35. The van der Waals surface area contributed by atoms with E-state index in [9.17, 15) is 4.79 Å². The summed E-state index contributed by atoms with van der Waals surface area (Å²) in [7, 11) is 0. The van der Waals surface area contributed by atoms with Gasteiger partial charge in [0.15, 0.2) is 0 Å². The molecule has 0 aromatic rings. The van der Waals surface area contributed by atoms with Gasteiger partial charge in [-0.3, -0.25) is 4.79 Å². The molecule has 0 aromatic carbocycles. The highest BCUT2D eigenvalue weighted by molar-refractivity contribution is 6.29. The van der Waals surface area contributed by atoms with Gasteiger partial charge in [-0.15, -0.1) is 11.6 Å². The molecule has 0 aromatic heterocycles. The number of carboxylic acids is 1. The van der Waals surface area contributed by atoms with Gasteiger partial charge in [0.1, 0.15) is 5.38 Å². The number of halogens is 1. The second kappa shape index (κ2) is 3.13. The van der Waals surface area contributed by atoms with Gasteiger partial charge in [0.2, 0.25) is 0 Å². The molecule has 2 nitrogen and oxygen atoms in total. The molecule has 3 heteroatoms. The summed E-state index contributed by atoms with van der Waals surface area (Å²) in [6.45, 7) is 6.77. The van der Waals surface area contributed by atoms with E-state index < -0.39 is 11.3 Å². The Bertz CT molecular complexity index is 300. The van der Waals surface area contributed by atoms with E-state index in [0.717, 1.165) is 12.8 Å². The fourth-order valence-corrected chi connectivity index (χ4v) is 4.26. The number of aliphatic carboxylic acids is 1. The molecule has 2 aliphatic carbocycles. The molecule has 86 valence electrons. The smallest absolute Gasteiger partial charge is 0.321 e. The van der Waals surface area contributed by atoms with Gasteiger partial charge >= 0.3 is 5.97 Å². The van der Waals surface area contributed by atoms with Crippen LogP contribution in [0.1, 0.15) is 40.0 Å². The molecule has 4 atom stereocenters. The molecule has 0 heterocycles. The van der Waals surface area contributed by atoms with Crippen LogP contribution in [0.5, 0.6) is 0 Å². The van der Waals surface area contributed by atoms with E-state index in [1.807, 2.05) is 0 Å². The number of hydrogen-bond acceptors (Lipinski definition) is 1. The minimum Gasteiger partial charge on any atom is -0.480 e. The quantitative estimate of drug-likeness (QED) is 0.740. The average Bonchev–Trinajstić information content (AvgIpc) is 2.47. The SMILES string of the molecule is CC12CC[C@H](CC1[C@H](Cl)C(=O)O)C2(C)C. The maximum absolute atomic E-state index is 11.0. The van der Waals surface area contributed by atoms with Crippen molar-refractivity contribution in [3.8, 4) is 0 Å². The Hall–Kier alpha value is -0.240. The lowest BCUT2D eigenvalue weighted by molar-refractivity contribution is -0.138. The number of carboxylic acid groups (broad SMARTS) is 1. The van der Waals surface area contributed by atoms with Crippen LogP contribution in [0, 0.1) is 22.7 Å². The Balaban J connectivity index is 2.30. The van der Waals surface area contributed by atoms with E-state index in [1.165, 1.54) is 6.42 Å². The fourth-order valence-electron chi connectivity index (χ4n) is 3.88. The number of fused-ring (bicyclic) bond motifs is 2. The molecular weight excluding hydrogens is 212 g/mol. The van der Waals surface area contributed by atoms with Gasteiger partial charge in [-0.25, -0.2) is 0 Å². The van der Waals surface area contributed by atoms with E-state index >= 15 is 0 Å². The van der Waals surface area contributed by atoms with Crippen LogP contribution in [0.15, 0.2) is 0 Å². The van der Waals surface area contributed by atoms with E-state index in [1.54, 1.807) is 0 Å². The third-order valence-corrected chi connectivity index (χ3v) is 5.94. The van der Waals surface area contributed by atoms with Crippen molar-refractivity contribution in [3.63, 3.8) is 0 Å². The van der Waals surface area contributed by atoms with Crippen LogP contribution in [0.2, 0.25) is 0 Å². The van der Waals surface area contributed by atoms with Crippen molar-refractivity contribution in [2.24, 2.45) is 22.7 Å². The summed E-state index contributed by atoms with van der Waals surface area (Å²) < 4.78 is 0. The van der Waals surface area contributed by atoms with Crippen molar-refractivity contribution in [1.82, 2.24) is 0 Å². The minimum absolute atomic E-state index is 0.114. The second-order valence-corrected chi connectivity index (χ2v) is 6.43. The van der Waals surface area contributed by atoms with Crippen molar-refractivity contribution < 1.29 is 9.90 Å². The Labute approximate surface area is 96.0 Å². The largest absolute Gasteiger partial charge is 0.480 e. The van der Waals surface area contributed by atoms with Crippen LogP contribution in [0.3, 0.4) is 0 Å². The molecule has 2 bridgehead atoms.